The van der Waals surface area contributed by atoms with Crippen LogP contribution in [0.3, 0.4) is 0 Å². The van der Waals surface area contributed by atoms with Gasteiger partial charge in [-0.15, -0.1) is 0 Å². The molecule has 1 heterocycles. The van der Waals surface area contributed by atoms with Gasteiger partial charge in [0.1, 0.15) is 5.82 Å². The first-order chi connectivity index (χ1) is 9.71. The summed E-state index contributed by atoms with van der Waals surface area (Å²) in [7, 11) is 0. The molecule has 0 radical (unpaired) electrons. The van der Waals surface area contributed by atoms with Crippen molar-refractivity contribution in [2.75, 3.05) is 12.3 Å². The van der Waals surface area contributed by atoms with Gasteiger partial charge in [-0.2, -0.15) is 0 Å². The van der Waals surface area contributed by atoms with Crippen molar-refractivity contribution in [1.29, 1.82) is 0 Å². The average Bonchev–Trinajstić information content (AvgIpc) is 2.61. The lowest BCUT2D eigenvalue weighted by Gasteiger charge is -2.39. The highest BCUT2D eigenvalue weighted by Crippen LogP contribution is 2.52. The molecule has 21 heavy (non-hydrogen) atoms. The summed E-state index contributed by atoms with van der Waals surface area (Å²) < 4.78 is 13.6. The molecule has 2 N–H and O–H groups in total. The first-order valence-electron chi connectivity index (χ1n) is 7.56. The van der Waals surface area contributed by atoms with E-state index >= 15 is 0 Å². The van der Waals surface area contributed by atoms with Gasteiger partial charge in [-0.1, -0.05) is 26.8 Å². The lowest BCUT2D eigenvalue weighted by molar-refractivity contribution is 0.0709. The lowest BCUT2D eigenvalue weighted by atomic mass is 9.65. The zero-order chi connectivity index (χ0) is 15.4. The molecule has 3 rings (SSSR count). The summed E-state index contributed by atoms with van der Waals surface area (Å²) in [5, 5.41) is 0. The molecule has 3 nitrogen and oxygen atoms in total. The van der Waals surface area contributed by atoms with Gasteiger partial charge in [-0.3, -0.25) is 4.79 Å². The van der Waals surface area contributed by atoms with Crippen molar-refractivity contribution >= 4 is 11.6 Å². The van der Waals surface area contributed by atoms with Crippen LogP contribution in [0, 0.1) is 16.6 Å². The van der Waals surface area contributed by atoms with Gasteiger partial charge in [0.05, 0.1) is 11.3 Å². The Morgan fingerprint density at radius 2 is 2.05 bits per heavy atom. The third-order valence-electron chi connectivity index (χ3n) is 4.96. The highest BCUT2D eigenvalue weighted by Gasteiger charge is 2.51. The first kappa shape index (κ1) is 14.4. The van der Waals surface area contributed by atoms with Gasteiger partial charge in [-0.25, -0.2) is 4.39 Å². The molecule has 2 aliphatic rings. The predicted octanol–water partition coefficient (Wildman–Crippen LogP) is 3.45. The molecule has 4 heteroatoms. The molecule has 1 aromatic rings. The molecule has 1 aliphatic carbocycles. The van der Waals surface area contributed by atoms with E-state index in [2.05, 4.69) is 20.8 Å². The van der Waals surface area contributed by atoms with Crippen LogP contribution in [-0.4, -0.2) is 23.4 Å². The van der Waals surface area contributed by atoms with Gasteiger partial charge in [-0.05, 0) is 42.2 Å². The van der Waals surface area contributed by atoms with E-state index in [0.717, 1.165) is 25.8 Å². The average molecular weight is 290 g/mol. The number of hydrogen-bond acceptors (Lipinski definition) is 2. The van der Waals surface area contributed by atoms with E-state index in [9.17, 15) is 9.18 Å². The number of nitrogens with two attached hydrogens (primary N) is 1. The lowest BCUT2D eigenvalue weighted by Crippen LogP contribution is -2.38. The smallest absolute Gasteiger partial charge is 0.256 e. The molecule has 1 aromatic carbocycles. The summed E-state index contributed by atoms with van der Waals surface area (Å²) in [5.74, 6) is -0.645. The number of halogens is 1. The van der Waals surface area contributed by atoms with Crippen molar-refractivity contribution in [1.82, 2.24) is 4.90 Å². The van der Waals surface area contributed by atoms with E-state index in [1.54, 1.807) is 12.1 Å². The Hall–Kier alpha value is -1.58. The van der Waals surface area contributed by atoms with Crippen molar-refractivity contribution < 1.29 is 9.18 Å². The summed E-state index contributed by atoms with van der Waals surface area (Å²) in [4.78, 5) is 14.7. The molecule has 2 fully saturated rings. The largest absolute Gasteiger partial charge is 0.396 e. The van der Waals surface area contributed by atoms with Gasteiger partial charge in [0.25, 0.3) is 5.91 Å². The number of carbonyl (C=O) groups excluding carboxylic acids is 1. The Morgan fingerprint density at radius 1 is 1.33 bits per heavy atom. The fourth-order valence-electron chi connectivity index (χ4n) is 4.58. The topological polar surface area (TPSA) is 46.3 Å². The van der Waals surface area contributed by atoms with Gasteiger partial charge in [0.15, 0.2) is 0 Å². The third kappa shape index (κ3) is 2.41. The summed E-state index contributed by atoms with van der Waals surface area (Å²) in [6.45, 7) is 7.53. The number of nitrogen functional groups attached to an aromatic ring is 1. The Morgan fingerprint density at radius 3 is 2.76 bits per heavy atom. The predicted molar refractivity (Wildman–Crippen MR) is 81.4 cm³/mol. The number of benzene rings is 1. The summed E-state index contributed by atoms with van der Waals surface area (Å²) in [5.41, 5.74) is 6.43. The maximum atomic E-state index is 13.6. The number of likely N-dealkylation sites (tertiary alicyclic amines) is 1. The number of nitrogens with zero attached hydrogens (tertiary/aromatic N) is 1. The maximum absolute atomic E-state index is 13.6. The van der Waals surface area contributed by atoms with Crippen molar-refractivity contribution in [3.63, 3.8) is 0 Å². The number of hydrogen-bond donors (Lipinski definition) is 1. The maximum Gasteiger partial charge on any atom is 0.256 e. The third-order valence-corrected chi connectivity index (χ3v) is 4.96. The molecule has 2 bridgehead atoms. The normalized spacial score (nSPS) is 30.5. The highest BCUT2D eigenvalue weighted by molar-refractivity contribution is 5.99. The second-order valence-electron chi connectivity index (χ2n) is 7.85. The fourth-order valence-corrected chi connectivity index (χ4v) is 4.58. The molecule has 0 aromatic heterocycles. The van der Waals surface area contributed by atoms with Crippen LogP contribution in [0.2, 0.25) is 0 Å². The van der Waals surface area contributed by atoms with E-state index in [-0.39, 0.29) is 28.5 Å². The second kappa shape index (κ2) is 4.46. The quantitative estimate of drug-likeness (QED) is 0.805. The first-order valence-corrected chi connectivity index (χ1v) is 7.56. The monoisotopic (exact) mass is 290 g/mol. The molecule has 0 spiro atoms. The highest BCUT2D eigenvalue weighted by atomic mass is 19.1. The molecular formula is C17H23FN2O. The summed E-state index contributed by atoms with van der Waals surface area (Å²) in [6, 6.07) is 4.70. The molecule has 2 atom stereocenters. The van der Waals surface area contributed by atoms with Crippen molar-refractivity contribution in [2.45, 2.75) is 46.1 Å². The van der Waals surface area contributed by atoms with Crippen LogP contribution < -0.4 is 5.73 Å². The number of para-hydroxylation sites is 1. The summed E-state index contributed by atoms with van der Waals surface area (Å²) in [6.07, 6.45) is 3.17. The Kier molecular flexibility index (Phi) is 3.05. The zero-order valence-corrected chi connectivity index (χ0v) is 12.9. The fraction of sp³-hybridized carbons (Fsp3) is 0.588. The molecule has 1 saturated carbocycles. The van der Waals surface area contributed by atoms with E-state index in [0.29, 0.717) is 5.56 Å². The molecular weight excluding hydrogens is 267 g/mol. The van der Waals surface area contributed by atoms with E-state index in [1.165, 1.54) is 6.07 Å². The van der Waals surface area contributed by atoms with E-state index in [4.69, 9.17) is 5.73 Å². The number of rotatable bonds is 1. The standard InChI is InChI=1S/C17H23FN2O/c1-16(2)7-11-8-17(3,9-16)10-20(11)15(21)12-5-4-6-13(18)14(12)19/h4-6,11H,7-10,19H2,1-3H3. The minimum atomic E-state index is -0.519. The van der Waals surface area contributed by atoms with Gasteiger partial charge in [0, 0.05) is 12.6 Å². The number of carbonyl (C=O) groups is 1. The van der Waals surface area contributed by atoms with Crippen LogP contribution in [0.5, 0.6) is 0 Å². The van der Waals surface area contributed by atoms with Crippen LogP contribution >= 0.6 is 0 Å². The number of fused-ring (bicyclic) bond motifs is 2. The van der Waals surface area contributed by atoms with Crippen molar-refractivity contribution in [3.05, 3.63) is 29.6 Å². The Balaban J connectivity index is 1.92. The summed E-state index contributed by atoms with van der Waals surface area (Å²) >= 11 is 0. The molecule has 1 amide bonds. The Labute approximate surface area is 125 Å². The minimum absolute atomic E-state index is 0.0339. The molecule has 1 saturated heterocycles. The van der Waals surface area contributed by atoms with Crippen LogP contribution in [0.4, 0.5) is 10.1 Å². The van der Waals surface area contributed by atoms with Crippen molar-refractivity contribution in [2.24, 2.45) is 10.8 Å². The minimum Gasteiger partial charge on any atom is -0.396 e. The molecule has 1 aliphatic heterocycles. The molecule has 2 unspecified atom stereocenters. The second-order valence-corrected chi connectivity index (χ2v) is 7.85. The van der Waals surface area contributed by atoms with Gasteiger partial charge >= 0.3 is 0 Å². The van der Waals surface area contributed by atoms with E-state index < -0.39 is 5.82 Å². The zero-order valence-electron chi connectivity index (χ0n) is 12.9. The molecule has 114 valence electrons. The van der Waals surface area contributed by atoms with Gasteiger partial charge < -0.3 is 10.6 Å². The van der Waals surface area contributed by atoms with Crippen LogP contribution in [0.1, 0.15) is 50.4 Å². The number of amides is 1. The SMILES string of the molecule is CC1(C)CC2CC(C)(CN2C(=O)c2cccc(F)c2N)C1. The van der Waals surface area contributed by atoms with Crippen LogP contribution in [0.25, 0.3) is 0 Å². The van der Waals surface area contributed by atoms with Crippen LogP contribution in [-0.2, 0) is 0 Å². The van der Waals surface area contributed by atoms with Crippen molar-refractivity contribution in [3.8, 4) is 0 Å². The van der Waals surface area contributed by atoms with E-state index in [1.807, 2.05) is 4.90 Å². The Bertz CT molecular complexity index is 598. The van der Waals surface area contributed by atoms with Gasteiger partial charge in [0.2, 0.25) is 0 Å². The van der Waals surface area contributed by atoms with Crippen LogP contribution in [0.15, 0.2) is 18.2 Å². The number of anilines is 1.